The molecule has 5 nitrogen and oxygen atoms in total. The van der Waals surface area contributed by atoms with Gasteiger partial charge in [0.15, 0.2) is 17.6 Å². The summed E-state index contributed by atoms with van der Waals surface area (Å²) in [5.41, 5.74) is 0. The minimum Gasteiger partial charge on any atom is -0.484 e. The zero-order chi connectivity index (χ0) is 13.7. The Kier molecular flexibility index (Phi) is 4.54. The SMILES string of the molecule is O=C(COc1cccc(Cl)c1)Nc1ccc(Cl)nn1. The third-order valence-electron chi connectivity index (χ3n) is 2.07. The van der Waals surface area contributed by atoms with Crippen LogP contribution in [-0.2, 0) is 4.79 Å². The first-order valence-corrected chi connectivity index (χ1v) is 6.06. The summed E-state index contributed by atoms with van der Waals surface area (Å²) in [5, 5.41) is 10.6. The number of anilines is 1. The maximum atomic E-state index is 11.6. The maximum Gasteiger partial charge on any atom is 0.263 e. The molecule has 0 fully saturated rings. The fourth-order valence-electron chi connectivity index (χ4n) is 1.27. The first-order valence-electron chi connectivity index (χ1n) is 5.31. The molecule has 0 atom stereocenters. The molecular formula is C12H9Cl2N3O2. The van der Waals surface area contributed by atoms with Crippen molar-refractivity contribution < 1.29 is 9.53 Å². The van der Waals surface area contributed by atoms with Gasteiger partial charge in [-0.1, -0.05) is 29.3 Å². The number of halogens is 2. The molecule has 2 aromatic rings. The van der Waals surface area contributed by atoms with Crippen molar-refractivity contribution in [2.24, 2.45) is 0 Å². The topological polar surface area (TPSA) is 64.1 Å². The molecule has 0 aliphatic rings. The van der Waals surface area contributed by atoms with E-state index in [1.807, 2.05) is 0 Å². The van der Waals surface area contributed by atoms with E-state index in [0.29, 0.717) is 16.6 Å². The zero-order valence-electron chi connectivity index (χ0n) is 9.64. The fourth-order valence-corrected chi connectivity index (χ4v) is 1.55. The Morgan fingerprint density at radius 3 is 2.74 bits per heavy atom. The molecule has 0 unspecified atom stereocenters. The number of hydrogen-bond donors (Lipinski definition) is 1. The molecule has 1 N–H and O–H groups in total. The molecule has 7 heteroatoms. The number of nitrogens with zero attached hydrogens (tertiary/aromatic N) is 2. The monoisotopic (exact) mass is 297 g/mol. The predicted molar refractivity (Wildman–Crippen MR) is 72.6 cm³/mol. The Morgan fingerprint density at radius 1 is 1.21 bits per heavy atom. The van der Waals surface area contributed by atoms with Crippen LogP contribution in [-0.4, -0.2) is 22.7 Å². The van der Waals surface area contributed by atoms with Gasteiger partial charge in [0.1, 0.15) is 5.75 Å². The van der Waals surface area contributed by atoms with E-state index in [1.54, 1.807) is 30.3 Å². The molecule has 0 bridgehead atoms. The highest BCUT2D eigenvalue weighted by atomic mass is 35.5. The van der Waals surface area contributed by atoms with Gasteiger partial charge in [0.2, 0.25) is 0 Å². The molecule has 0 radical (unpaired) electrons. The third kappa shape index (κ3) is 4.39. The van der Waals surface area contributed by atoms with Gasteiger partial charge in [-0.05, 0) is 30.3 Å². The van der Waals surface area contributed by atoms with Crippen LogP contribution in [0.3, 0.4) is 0 Å². The summed E-state index contributed by atoms with van der Waals surface area (Å²) in [6.07, 6.45) is 0. The van der Waals surface area contributed by atoms with Crippen LogP contribution in [0.25, 0.3) is 0 Å². The van der Waals surface area contributed by atoms with Gasteiger partial charge in [0.05, 0.1) is 0 Å². The largest absolute Gasteiger partial charge is 0.484 e. The van der Waals surface area contributed by atoms with Crippen molar-refractivity contribution in [1.29, 1.82) is 0 Å². The van der Waals surface area contributed by atoms with Crippen LogP contribution in [0.2, 0.25) is 10.2 Å². The van der Waals surface area contributed by atoms with Crippen molar-refractivity contribution in [3.63, 3.8) is 0 Å². The summed E-state index contributed by atoms with van der Waals surface area (Å²) in [4.78, 5) is 11.6. The highest BCUT2D eigenvalue weighted by molar-refractivity contribution is 6.30. The molecule has 0 saturated carbocycles. The van der Waals surface area contributed by atoms with Gasteiger partial charge in [0, 0.05) is 5.02 Å². The highest BCUT2D eigenvalue weighted by Gasteiger charge is 2.05. The normalized spacial score (nSPS) is 10.0. The molecule has 0 saturated heterocycles. The van der Waals surface area contributed by atoms with Crippen LogP contribution in [0.5, 0.6) is 5.75 Å². The van der Waals surface area contributed by atoms with Crippen LogP contribution >= 0.6 is 23.2 Å². The molecule has 98 valence electrons. The van der Waals surface area contributed by atoms with Gasteiger partial charge >= 0.3 is 0 Å². The van der Waals surface area contributed by atoms with E-state index in [-0.39, 0.29) is 17.7 Å². The Morgan fingerprint density at radius 2 is 2.05 bits per heavy atom. The van der Waals surface area contributed by atoms with Crippen molar-refractivity contribution >= 4 is 34.9 Å². The van der Waals surface area contributed by atoms with E-state index in [1.165, 1.54) is 6.07 Å². The predicted octanol–water partition coefficient (Wildman–Crippen LogP) is 2.80. The highest BCUT2D eigenvalue weighted by Crippen LogP contribution is 2.17. The Labute approximate surface area is 119 Å². The van der Waals surface area contributed by atoms with Crippen LogP contribution < -0.4 is 10.1 Å². The van der Waals surface area contributed by atoms with Crippen molar-refractivity contribution in [3.8, 4) is 5.75 Å². The van der Waals surface area contributed by atoms with Gasteiger partial charge in [-0.3, -0.25) is 4.79 Å². The van der Waals surface area contributed by atoms with Gasteiger partial charge < -0.3 is 10.1 Å². The maximum absolute atomic E-state index is 11.6. The first-order chi connectivity index (χ1) is 9.13. The fraction of sp³-hybridized carbons (Fsp3) is 0.0833. The minimum absolute atomic E-state index is 0.148. The molecule has 1 aromatic carbocycles. The second-order valence-electron chi connectivity index (χ2n) is 3.54. The number of aromatic nitrogens is 2. The Bertz CT molecular complexity index is 575. The van der Waals surface area contributed by atoms with E-state index in [4.69, 9.17) is 27.9 Å². The summed E-state index contributed by atoms with van der Waals surface area (Å²) >= 11 is 11.4. The summed E-state index contributed by atoms with van der Waals surface area (Å²) in [5.74, 6) is 0.477. The van der Waals surface area contributed by atoms with E-state index in [2.05, 4.69) is 15.5 Å². The van der Waals surface area contributed by atoms with Gasteiger partial charge in [0.25, 0.3) is 5.91 Å². The second-order valence-corrected chi connectivity index (χ2v) is 4.36. The van der Waals surface area contributed by atoms with E-state index < -0.39 is 0 Å². The summed E-state index contributed by atoms with van der Waals surface area (Å²) in [6.45, 7) is -0.148. The molecule has 2 rings (SSSR count). The molecule has 0 spiro atoms. The number of ether oxygens (including phenoxy) is 1. The van der Waals surface area contributed by atoms with Gasteiger partial charge in [-0.2, -0.15) is 0 Å². The average molecular weight is 298 g/mol. The number of benzene rings is 1. The van der Waals surface area contributed by atoms with Crippen LogP contribution in [0.15, 0.2) is 36.4 Å². The van der Waals surface area contributed by atoms with Crippen LogP contribution in [0, 0.1) is 0 Å². The summed E-state index contributed by atoms with van der Waals surface area (Å²) < 4.78 is 5.27. The lowest BCUT2D eigenvalue weighted by Gasteiger charge is -2.06. The average Bonchev–Trinajstić information content (AvgIpc) is 2.39. The standard InChI is InChI=1S/C12H9Cl2N3O2/c13-8-2-1-3-9(6-8)19-7-12(18)15-11-5-4-10(14)16-17-11/h1-6H,7H2,(H,15,17,18). The van der Waals surface area contributed by atoms with Crippen molar-refractivity contribution in [3.05, 3.63) is 46.6 Å². The molecule has 1 heterocycles. The van der Waals surface area contributed by atoms with Crippen molar-refractivity contribution in [1.82, 2.24) is 10.2 Å². The number of carbonyl (C=O) groups is 1. The van der Waals surface area contributed by atoms with Crippen LogP contribution in [0.1, 0.15) is 0 Å². The van der Waals surface area contributed by atoms with Gasteiger partial charge in [-0.15, -0.1) is 10.2 Å². The molecule has 19 heavy (non-hydrogen) atoms. The second kappa shape index (κ2) is 6.36. The van der Waals surface area contributed by atoms with Crippen LogP contribution in [0.4, 0.5) is 5.82 Å². The first kappa shape index (κ1) is 13.6. The minimum atomic E-state index is -0.350. The Balaban J connectivity index is 1.86. The third-order valence-corrected chi connectivity index (χ3v) is 2.50. The van der Waals surface area contributed by atoms with E-state index in [9.17, 15) is 4.79 Å². The number of nitrogens with one attached hydrogen (secondary N) is 1. The molecule has 0 aliphatic carbocycles. The molecule has 1 amide bonds. The lowest BCUT2D eigenvalue weighted by molar-refractivity contribution is -0.118. The van der Waals surface area contributed by atoms with Crippen molar-refractivity contribution in [2.45, 2.75) is 0 Å². The lowest BCUT2D eigenvalue weighted by Crippen LogP contribution is -2.20. The van der Waals surface area contributed by atoms with Crippen molar-refractivity contribution in [2.75, 3.05) is 11.9 Å². The zero-order valence-corrected chi connectivity index (χ0v) is 11.1. The molecule has 1 aromatic heterocycles. The molecular weight excluding hydrogens is 289 g/mol. The van der Waals surface area contributed by atoms with E-state index >= 15 is 0 Å². The van der Waals surface area contributed by atoms with E-state index in [0.717, 1.165) is 0 Å². The Hall–Kier alpha value is -1.85. The smallest absolute Gasteiger partial charge is 0.263 e. The molecule has 0 aliphatic heterocycles. The lowest BCUT2D eigenvalue weighted by atomic mass is 10.3. The summed E-state index contributed by atoms with van der Waals surface area (Å²) in [7, 11) is 0. The summed E-state index contributed by atoms with van der Waals surface area (Å²) in [6, 6.07) is 9.87. The quantitative estimate of drug-likeness (QED) is 0.942. The number of amides is 1. The number of hydrogen-bond acceptors (Lipinski definition) is 4. The number of rotatable bonds is 4. The number of carbonyl (C=O) groups excluding carboxylic acids is 1. The van der Waals surface area contributed by atoms with Gasteiger partial charge in [-0.25, -0.2) is 0 Å².